The second-order valence-corrected chi connectivity index (χ2v) is 7.38. The second kappa shape index (κ2) is 8.53. The summed E-state index contributed by atoms with van der Waals surface area (Å²) >= 11 is 0. The van der Waals surface area contributed by atoms with Crippen molar-refractivity contribution in [2.75, 3.05) is 36.4 Å². The molecule has 3 aromatic rings. The van der Waals surface area contributed by atoms with Gasteiger partial charge in [0, 0.05) is 62.5 Å². The molecule has 0 radical (unpaired) electrons. The van der Waals surface area contributed by atoms with Gasteiger partial charge < -0.3 is 10.2 Å². The van der Waals surface area contributed by atoms with Crippen LogP contribution in [0, 0.1) is 0 Å². The van der Waals surface area contributed by atoms with E-state index >= 15 is 0 Å². The summed E-state index contributed by atoms with van der Waals surface area (Å²) in [5.74, 6) is 0.955. The monoisotopic (exact) mass is 390 g/mol. The first-order chi connectivity index (χ1) is 14.1. The summed E-state index contributed by atoms with van der Waals surface area (Å²) in [4.78, 5) is 29.5. The molecule has 0 atom stereocenters. The number of nitrogens with zero attached hydrogens (tertiary/aromatic N) is 5. The van der Waals surface area contributed by atoms with Gasteiger partial charge in [0.15, 0.2) is 0 Å². The highest BCUT2D eigenvalue weighted by Crippen LogP contribution is 2.20. The molecule has 0 unspecified atom stereocenters. The van der Waals surface area contributed by atoms with E-state index in [-0.39, 0.29) is 5.91 Å². The Balaban J connectivity index is 1.38. The Hall–Kier alpha value is -3.06. The molecule has 0 bridgehead atoms. The third-order valence-corrected chi connectivity index (χ3v) is 5.22. The number of hydrogen-bond donors (Lipinski definition) is 1. The number of carbonyl (C=O) groups is 1. The summed E-state index contributed by atoms with van der Waals surface area (Å²) in [6, 6.07) is 12.1. The molecule has 0 saturated carbocycles. The Morgan fingerprint density at radius 2 is 1.86 bits per heavy atom. The van der Waals surface area contributed by atoms with Crippen molar-refractivity contribution in [3.05, 3.63) is 54.1 Å². The van der Waals surface area contributed by atoms with Crippen LogP contribution >= 0.6 is 0 Å². The number of pyridine rings is 1. The number of amides is 1. The predicted octanol–water partition coefficient (Wildman–Crippen LogP) is 2.87. The van der Waals surface area contributed by atoms with Crippen LogP contribution in [-0.2, 0) is 17.8 Å². The number of rotatable bonds is 5. The van der Waals surface area contributed by atoms with E-state index in [9.17, 15) is 4.79 Å². The van der Waals surface area contributed by atoms with Crippen molar-refractivity contribution in [1.82, 2.24) is 19.9 Å². The fourth-order valence-electron chi connectivity index (χ4n) is 3.65. The Kier molecular flexibility index (Phi) is 5.67. The maximum Gasteiger partial charge on any atom is 0.221 e. The number of aryl methyl sites for hydroxylation is 1. The van der Waals surface area contributed by atoms with Crippen molar-refractivity contribution in [1.29, 1.82) is 0 Å². The number of carbonyl (C=O) groups excluding carboxylic acids is 1. The van der Waals surface area contributed by atoms with Crippen LogP contribution in [0.2, 0.25) is 0 Å². The molecule has 1 aliphatic rings. The van der Waals surface area contributed by atoms with Gasteiger partial charge in [0.2, 0.25) is 5.91 Å². The van der Waals surface area contributed by atoms with Crippen molar-refractivity contribution in [3.8, 4) is 0 Å². The normalized spacial score (nSPS) is 14.9. The highest BCUT2D eigenvalue weighted by molar-refractivity contribution is 5.92. The molecule has 0 spiro atoms. The van der Waals surface area contributed by atoms with Crippen LogP contribution in [0.3, 0.4) is 0 Å². The molecule has 0 aliphatic carbocycles. The first-order valence-electron chi connectivity index (χ1n) is 10.1. The fourth-order valence-corrected chi connectivity index (χ4v) is 3.65. The molecule has 1 aromatic carbocycles. The van der Waals surface area contributed by atoms with Crippen LogP contribution < -0.4 is 10.2 Å². The van der Waals surface area contributed by atoms with Gasteiger partial charge in [-0.1, -0.05) is 13.0 Å². The largest absolute Gasteiger partial charge is 0.354 e. The third-order valence-electron chi connectivity index (χ3n) is 5.22. The van der Waals surface area contributed by atoms with Crippen molar-refractivity contribution < 1.29 is 4.79 Å². The molecule has 1 fully saturated rings. The second-order valence-electron chi connectivity index (χ2n) is 7.38. The summed E-state index contributed by atoms with van der Waals surface area (Å²) in [6.07, 6.45) is 2.59. The molecular formula is C22H26N6O. The molecule has 1 amide bonds. The molecule has 4 rings (SSSR count). The third kappa shape index (κ3) is 4.68. The van der Waals surface area contributed by atoms with Gasteiger partial charge in [0.1, 0.15) is 12.1 Å². The molecule has 150 valence electrons. The van der Waals surface area contributed by atoms with E-state index in [1.54, 1.807) is 6.33 Å². The maximum atomic E-state index is 11.2. The number of fused-ring (bicyclic) bond motifs is 1. The van der Waals surface area contributed by atoms with Gasteiger partial charge in [-0.05, 0) is 30.7 Å². The molecule has 29 heavy (non-hydrogen) atoms. The van der Waals surface area contributed by atoms with E-state index in [1.807, 2.05) is 18.2 Å². The van der Waals surface area contributed by atoms with Gasteiger partial charge in [0.25, 0.3) is 0 Å². The Morgan fingerprint density at radius 1 is 1.03 bits per heavy atom. The fraction of sp³-hybridized carbons (Fsp3) is 0.364. The molecule has 7 heteroatoms. The molecule has 3 heterocycles. The van der Waals surface area contributed by atoms with Crippen molar-refractivity contribution in [3.63, 3.8) is 0 Å². The summed E-state index contributed by atoms with van der Waals surface area (Å²) in [7, 11) is 0. The van der Waals surface area contributed by atoms with Crippen molar-refractivity contribution in [2.24, 2.45) is 0 Å². The topological polar surface area (TPSA) is 74.2 Å². The SMILES string of the molecule is CCc1cc(N2CCN(Cc3ccc4cc(NC(C)=O)ccc4n3)CC2)ncn1. The van der Waals surface area contributed by atoms with Crippen LogP contribution in [0.15, 0.2) is 42.7 Å². The minimum Gasteiger partial charge on any atom is -0.354 e. The van der Waals surface area contributed by atoms with Crippen LogP contribution in [0.25, 0.3) is 10.9 Å². The first-order valence-corrected chi connectivity index (χ1v) is 10.1. The average molecular weight is 390 g/mol. The lowest BCUT2D eigenvalue weighted by atomic mass is 10.1. The Labute approximate surface area is 170 Å². The number of nitrogens with one attached hydrogen (secondary N) is 1. The van der Waals surface area contributed by atoms with Crippen molar-refractivity contribution in [2.45, 2.75) is 26.8 Å². The highest BCUT2D eigenvalue weighted by atomic mass is 16.1. The lowest BCUT2D eigenvalue weighted by molar-refractivity contribution is -0.114. The van der Waals surface area contributed by atoms with Gasteiger partial charge >= 0.3 is 0 Å². The number of benzene rings is 1. The van der Waals surface area contributed by atoms with E-state index in [1.165, 1.54) is 6.92 Å². The summed E-state index contributed by atoms with van der Waals surface area (Å²) < 4.78 is 0. The van der Waals surface area contributed by atoms with Gasteiger partial charge in [-0.15, -0.1) is 0 Å². The van der Waals surface area contributed by atoms with Crippen LogP contribution in [-0.4, -0.2) is 51.9 Å². The number of aromatic nitrogens is 3. The zero-order valence-electron chi connectivity index (χ0n) is 16.9. The lowest BCUT2D eigenvalue weighted by Crippen LogP contribution is -2.46. The van der Waals surface area contributed by atoms with E-state index in [4.69, 9.17) is 4.98 Å². The van der Waals surface area contributed by atoms with E-state index in [0.29, 0.717) is 0 Å². The quantitative estimate of drug-likeness (QED) is 0.722. The molecule has 2 aromatic heterocycles. The van der Waals surface area contributed by atoms with E-state index in [0.717, 1.165) is 72.9 Å². The number of anilines is 2. The molecule has 1 N–H and O–H groups in total. The average Bonchev–Trinajstić information content (AvgIpc) is 2.74. The minimum atomic E-state index is -0.0686. The molecule has 1 aliphatic heterocycles. The lowest BCUT2D eigenvalue weighted by Gasteiger charge is -2.35. The predicted molar refractivity (Wildman–Crippen MR) is 115 cm³/mol. The first kappa shape index (κ1) is 19.3. The number of hydrogen-bond acceptors (Lipinski definition) is 6. The van der Waals surface area contributed by atoms with Crippen LogP contribution in [0.1, 0.15) is 25.2 Å². The molecule has 7 nitrogen and oxygen atoms in total. The van der Waals surface area contributed by atoms with Crippen LogP contribution in [0.5, 0.6) is 0 Å². The Morgan fingerprint density at radius 3 is 2.62 bits per heavy atom. The van der Waals surface area contributed by atoms with Gasteiger partial charge in [0.05, 0.1) is 11.2 Å². The zero-order chi connectivity index (χ0) is 20.2. The summed E-state index contributed by atoms with van der Waals surface area (Å²) in [5.41, 5.74) is 3.89. The van der Waals surface area contributed by atoms with Gasteiger partial charge in [-0.25, -0.2) is 9.97 Å². The summed E-state index contributed by atoms with van der Waals surface area (Å²) in [5, 5.41) is 3.84. The molecule has 1 saturated heterocycles. The van der Waals surface area contributed by atoms with Crippen LogP contribution in [0.4, 0.5) is 11.5 Å². The zero-order valence-corrected chi connectivity index (χ0v) is 16.9. The smallest absolute Gasteiger partial charge is 0.221 e. The van der Waals surface area contributed by atoms with Crippen molar-refractivity contribution >= 4 is 28.3 Å². The summed E-state index contributed by atoms with van der Waals surface area (Å²) in [6.45, 7) is 8.32. The minimum absolute atomic E-state index is 0.0686. The van der Waals surface area contributed by atoms with Gasteiger partial charge in [-0.3, -0.25) is 14.7 Å². The number of piperazine rings is 1. The van der Waals surface area contributed by atoms with E-state index in [2.05, 4.69) is 50.2 Å². The maximum absolute atomic E-state index is 11.2. The Bertz CT molecular complexity index is 1010. The highest BCUT2D eigenvalue weighted by Gasteiger charge is 2.19. The standard InChI is InChI=1S/C22H26N6O/c1-3-18-13-22(24-15-23-18)28-10-8-27(9-11-28)14-20-5-4-17-12-19(25-16(2)29)6-7-21(17)26-20/h4-7,12-13,15H,3,8-11,14H2,1-2H3,(H,25,29). The van der Waals surface area contributed by atoms with Gasteiger partial charge in [-0.2, -0.15) is 0 Å². The molecular weight excluding hydrogens is 364 g/mol. The van der Waals surface area contributed by atoms with E-state index < -0.39 is 0 Å².